The van der Waals surface area contributed by atoms with Gasteiger partial charge in [-0.2, -0.15) is 4.31 Å². The molecule has 1 aliphatic heterocycles. The largest absolute Gasteiger partial charge is 0.341 e. The van der Waals surface area contributed by atoms with Crippen molar-refractivity contribution in [2.45, 2.75) is 24.8 Å². The number of aryl methyl sites for hydroxylation is 2. The molecule has 1 unspecified atom stereocenters. The molecule has 2 aromatic carbocycles. The molecule has 3 rings (SSSR count). The van der Waals surface area contributed by atoms with Gasteiger partial charge < -0.3 is 5.32 Å². The Balaban J connectivity index is 1.78. The minimum absolute atomic E-state index is 0.256. The smallest absolute Gasteiger partial charge is 0.321 e. The highest BCUT2D eigenvalue weighted by atomic mass is 32.2. The summed E-state index contributed by atoms with van der Waals surface area (Å²) in [5.41, 5.74) is 2.71. The first kappa shape index (κ1) is 22.9. The molecule has 2 aromatic rings. The van der Waals surface area contributed by atoms with E-state index in [0.717, 1.165) is 16.7 Å². The van der Waals surface area contributed by atoms with Crippen LogP contribution in [-0.4, -0.2) is 62.8 Å². The molecule has 1 atom stereocenters. The van der Waals surface area contributed by atoms with Gasteiger partial charge in [-0.15, -0.1) is 0 Å². The summed E-state index contributed by atoms with van der Waals surface area (Å²) in [4.78, 5) is 26.7. The summed E-state index contributed by atoms with van der Waals surface area (Å²) in [5.74, 6) is -0.448. The van der Waals surface area contributed by atoms with Gasteiger partial charge in [0.15, 0.2) is 0 Å². The molecular formula is C22H28N4O4S. The van der Waals surface area contributed by atoms with Gasteiger partial charge in [0.05, 0.1) is 4.90 Å². The van der Waals surface area contributed by atoms with E-state index in [9.17, 15) is 18.0 Å². The minimum Gasteiger partial charge on any atom is -0.341 e. The number of hydrogen-bond donors (Lipinski definition) is 2. The molecular weight excluding hydrogens is 416 g/mol. The zero-order valence-corrected chi connectivity index (χ0v) is 18.8. The Morgan fingerprint density at radius 3 is 2.16 bits per heavy atom. The van der Waals surface area contributed by atoms with Crippen LogP contribution in [-0.2, 0) is 14.8 Å². The van der Waals surface area contributed by atoms with E-state index in [1.807, 2.05) is 55.1 Å². The van der Waals surface area contributed by atoms with E-state index in [0.29, 0.717) is 13.1 Å². The second kappa shape index (κ2) is 9.59. The SMILES string of the molecule is CNC(=O)NC(=O)C(c1ccccc1)N1CCN(S(=O)(=O)c2ccc(C)c(C)c2)CC1. The van der Waals surface area contributed by atoms with Gasteiger partial charge in [-0.05, 0) is 42.7 Å². The second-order valence-corrected chi connectivity index (χ2v) is 9.51. The molecule has 1 aliphatic rings. The van der Waals surface area contributed by atoms with Gasteiger partial charge in [0, 0.05) is 33.2 Å². The number of nitrogens with zero attached hydrogens (tertiary/aromatic N) is 2. The number of urea groups is 1. The fourth-order valence-electron chi connectivity index (χ4n) is 3.63. The number of carbonyl (C=O) groups excluding carboxylic acids is 2. The molecule has 0 aliphatic carbocycles. The summed E-state index contributed by atoms with van der Waals surface area (Å²) in [7, 11) is -2.18. The van der Waals surface area contributed by atoms with Crippen molar-refractivity contribution in [3.8, 4) is 0 Å². The van der Waals surface area contributed by atoms with Crippen LogP contribution >= 0.6 is 0 Å². The van der Waals surface area contributed by atoms with Crippen molar-refractivity contribution in [2.75, 3.05) is 33.2 Å². The number of imide groups is 1. The highest BCUT2D eigenvalue weighted by Gasteiger charge is 2.35. The number of carbonyl (C=O) groups is 2. The molecule has 0 radical (unpaired) electrons. The van der Waals surface area contributed by atoms with Gasteiger partial charge in [-0.3, -0.25) is 15.0 Å². The molecule has 0 aromatic heterocycles. The molecule has 9 heteroatoms. The molecule has 0 spiro atoms. The number of rotatable bonds is 5. The summed E-state index contributed by atoms with van der Waals surface area (Å²) in [6.07, 6.45) is 0. The lowest BCUT2D eigenvalue weighted by Gasteiger charge is -2.38. The van der Waals surface area contributed by atoms with Crippen LogP contribution in [0.5, 0.6) is 0 Å². The van der Waals surface area contributed by atoms with Crippen molar-refractivity contribution in [1.82, 2.24) is 19.8 Å². The van der Waals surface area contributed by atoms with E-state index < -0.39 is 28.0 Å². The Bertz CT molecular complexity index is 1050. The molecule has 31 heavy (non-hydrogen) atoms. The van der Waals surface area contributed by atoms with Crippen molar-refractivity contribution in [3.05, 3.63) is 65.2 Å². The van der Waals surface area contributed by atoms with Crippen molar-refractivity contribution in [2.24, 2.45) is 0 Å². The van der Waals surface area contributed by atoms with Crippen LogP contribution in [0.2, 0.25) is 0 Å². The molecule has 1 saturated heterocycles. The highest BCUT2D eigenvalue weighted by Crippen LogP contribution is 2.25. The Labute approximate surface area is 183 Å². The molecule has 3 amide bonds. The van der Waals surface area contributed by atoms with E-state index in [-0.39, 0.29) is 18.0 Å². The predicted octanol–water partition coefficient (Wildman–Crippen LogP) is 1.81. The van der Waals surface area contributed by atoms with Crippen LogP contribution in [0.25, 0.3) is 0 Å². The predicted molar refractivity (Wildman–Crippen MR) is 118 cm³/mol. The number of benzene rings is 2. The minimum atomic E-state index is -3.62. The fraction of sp³-hybridized carbons (Fsp3) is 0.364. The summed E-state index contributed by atoms with van der Waals surface area (Å²) in [6.45, 7) is 5.08. The number of sulfonamides is 1. The molecule has 8 nitrogen and oxygen atoms in total. The third-order valence-corrected chi connectivity index (χ3v) is 7.48. The fourth-order valence-corrected chi connectivity index (χ4v) is 5.14. The lowest BCUT2D eigenvalue weighted by atomic mass is 10.0. The van der Waals surface area contributed by atoms with E-state index >= 15 is 0 Å². The summed E-state index contributed by atoms with van der Waals surface area (Å²) >= 11 is 0. The Hall–Kier alpha value is -2.75. The van der Waals surface area contributed by atoms with Crippen LogP contribution in [0.1, 0.15) is 22.7 Å². The van der Waals surface area contributed by atoms with Gasteiger partial charge in [-0.1, -0.05) is 36.4 Å². The maximum absolute atomic E-state index is 13.1. The number of amides is 3. The van der Waals surface area contributed by atoms with Gasteiger partial charge in [-0.25, -0.2) is 13.2 Å². The number of hydrogen-bond acceptors (Lipinski definition) is 5. The van der Waals surface area contributed by atoms with Crippen LogP contribution < -0.4 is 10.6 Å². The number of nitrogens with one attached hydrogen (secondary N) is 2. The molecule has 1 fully saturated rings. The molecule has 166 valence electrons. The maximum atomic E-state index is 13.1. The Morgan fingerprint density at radius 1 is 0.935 bits per heavy atom. The molecule has 0 saturated carbocycles. The van der Waals surface area contributed by atoms with E-state index in [2.05, 4.69) is 10.6 Å². The molecule has 2 N–H and O–H groups in total. The van der Waals surface area contributed by atoms with Crippen molar-refractivity contribution in [3.63, 3.8) is 0 Å². The topological polar surface area (TPSA) is 98.8 Å². The zero-order valence-electron chi connectivity index (χ0n) is 18.0. The summed E-state index contributed by atoms with van der Waals surface area (Å²) < 4.78 is 27.6. The third kappa shape index (κ3) is 5.12. The Kier molecular flexibility index (Phi) is 7.09. The van der Waals surface area contributed by atoms with Crippen molar-refractivity contribution in [1.29, 1.82) is 0 Å². The van der Waals surface area contributed by atoms with Gasteiger partial charge in [0.2, 0.25) is 15.9 Å². The first-order valence-corrected chi connectivity index (χ1v) is 11.6. The van der Waals surface area contributed by atoms with Crippen LogP contribution in [0, 0.1) is 13.8 Å². The molecule has 1 heterocycles. The van der Waals surface area contributed by atoms with Crippen molar-refractivity contribution < 1.29 is 18.0 Å². The average molecular weight is 445 g/mol. The van der Waals surface area contributed by atoms with Gasteiger partial charge in [0.25, 0.3) is 0 Å². The van der Waals surface area contributed by atoms with Crippen LogP contribution in [0.15, 0.2) is 53.4 Å². The summed E-state index contributed by atoms with van der Waals surface area (Å²) in [5, 5.41) is 4.72. The lowest BCUT2D eigenvalue weighted by Crippen LogP contribution is -2.53. The first-order valence-electron chi connectivity index (χ1n) is 10.1. The normalized spacial score (nSPS) is 16.5. The van der Waals surface area contributed by atoms with E-state index in [4.69, 9.17) is 0 Å². The van der Waals surface area contributed by atoms with Crippen molar-refractivity contribution >= 4 is 22.0 Å². The van der Waals surface area contributed by atoms with Crippen LogP contribution in [0.4, 0.5) is 4.79 Å². The quantitative estimate of drug-likeness (QED) is 0.733. The summed E-state index contributed by atoms with van der Waals surface area (Å²) in [6, 6.07) is 13.0. The van der Waals surface area contributed by atoms with E-state index in [1.54, 1.807) is 12.1 Å². The number of piperazine rings is 1. The second-order valence-electron chi connectivity index (χ2n) is 7.57. The molecule has 0 bridgehead atoms. The Morgan fingerprint density at radius 2 is 1.58 bits per heavy atom. The lowest BCUT2D eigenvalue weighted by molar-refractivity contribution is -0.126. The maximum Gasteiger partial charge on any atom is 0.321 e. The van der Waals surface area contributed by atoms with E-state index in [1.165, 1.54) is 11.4 Å². The van der Waals surface area contributed by atoms with Gasteiger partial charge >= 0.3 is 6.03 Å². The monoisotopic (exact) mass is 444 g/mol. The van der Waals surface area contributed by atoms with Gasteiger partial charge in [0.1, 0.15) is 6.04 Å². The first-order chi connectivity index (χ1) is 14.7. The zero-order chi connectivity index (χ0) is 22.6. The average Bonchev–Trinajstić information content (AvgIpc) is 2.76. The standard InChI is InChI=1S/C22H28N4O4S/c1-16-9-10-19(15-17(16)2)31(29,30)26-13-11-25(12-14-26)20(18-7-5-4-6-8-18)21(27)24-22(28)23-3/h4-10,15,20H,11-14H2,1-3H3,(H2,23,24,27,28). The highest BCUT2D eigenvalue weighted by molar-refractivity contribution is 7.89. The third-order valence-electron chi connectivity index (χ3n) is 5.58. The van der Waals surface area contributed by atoms with Crippen LogP contribution in [0.3, 0.4) is 0 Å².